The average molecular weight is 1240 g/mol. The van der Waals surface area contributed by atoms with E-state index in [1.54, 1.807) is 0 Å². The highest BCUT2D eigenvalue weighted by molar-refractivity contribution is 6.33. The SMILES string of the molecule is Cc1ccc(N(c2ccc(C(C)(C)C)cc2)c2cc(N(c3ccc(C(C)(C)C)cc3)c3ccc(C(C)(C)C)cc3)c3ccc4c(N(c5ccc(C)cc5)c5ccc(C(C)(C)C)cc5)cc(N(c5ccc(C(C)(C)C)cc5)c5ccc(C(C)(C)C)cc5)c5ccc2c3c45)cc1. The van der Waals surface area contributed by atoms with Crippen LogP contribution in [0.15, 0.2) is 231 Å². The highest BCUT2D eigenvalue weighted by Gasteiger charge is 2.31. The Balaban J connectivity index is 1.29. The molecule has 0 atom stereocenters. The molecule has 0 N–H and O–H groups in total. The maximum absolute atomic E-state index is 2.53. The van der Waals surface area contributed by atoms with E-state index in [2.05, 4.69) is 389 Å². The Morgan fingerprint density at radius 3 is 0.457 bits per heavy atom. The minimum Gasteiger partial charge on any atom is -0.310 e. The van der Waals surface area contributed by atoms with E-state index in [-0.39, 0.29) is 32.5 Å². The topological polar surface area (TPSA) is 13.0 Å². The molecule has 0 aromatic heterocycles. The van der Waals surface area contributed by atoms with Crippen LogP contribution in [0.5, 0.6) is 0 Å². The fraction of sp³-hybridized carbons (Fsp3) is 0.289. The lowest BCUT2D eigenvalue weighted by Crippen LogP contribution is -2.17. The number of hydrogen-bond acceptors (Lipinski definition) is 4. The highest BCUT2D eigenvalue weighted by atomic mass is 15.2. The summed E-state index contributed by atoms with van der Waals surface area (Å²) in [7, 11) is 0. The lowest BCUT2D eigenvalue weighted by Gasteiger charge is -2.35. The van der Waals surface area contributed by atoms with E-state index in [0.29, 0.717) is 0 Å². The molecule has 0 aliphatic rings. The van der Waals surface area contributed by atoms with Crippen LogP contribution in [0.3, 0.4) is 0 Å². The second-order valence-electron chi connectivity index (χ2n) is 32.7. The van der Waals surface area contributed by atoms with Gasteiger partial charge in [-0.15, -0.1) is 0 Å². The molecule has 94 heavy (non-hydrogen) atoms. The van der Waals surface area contributed by atoms with Gasteiger partial charge in [0.2, 0.25) is 0 Å². The van der Waals surface area contributed by atoms with E-state index in [0.717, 1.165) is 89.8 Å². The first-order valence-corrected chi connectivity index (χ1v) is 34.0. The Kier molecular flexibility index (Phi) is 16.6. The third kappa shape index (κ3) is 12.7. The van der Waals surface area contributed by atoms with Gasteiger partial charge in [-0.05, 0) is 189 Å². The Bertz CT molecular complexity index is 4230. The second kappa shape index (κ2) is 24.0. The van der Waals surface area contributed by atoms with E-state index in [9.17, 15) is 0 Å². The first-order valence-electron chi connectivity index (χ1n) is 34.0. The summed E-state index contributed by atoms with van der Waals surface area (Å²) in [4.78, 5) is 10.1. The number of aryl methyl sites for hydroxylation is 2. The molecule has 0 heterocycles. The predicted molar refractivity (Wildman–Crippen MR) is 411 cm³/mol. The van der Waals surface area contributed by atoms with Gasteiger partial charge in [0.05, 0.1) is 22.7 Å². The zero-order chi connectivity index (χ0) is 67.2. The Labute approximate surface area is 562 Å². The average Bonchev–Trinajstić information content (AvgIpc) is 0.701. The maximum Gasteiger partial charge on any atom is 0.0561 e. The molecule has 4 nitrogen and oxygen atoms in total. The molecule has 12 aromatic rings. The van der Waals surface area contributed by atoms with Crippen molar-refractivity contribution in [1.29, 1.82) is 0 Å². The summed E-state index contributed by atoms with van der Waals surface area (Å²) < 4.78 is 0. The van der Waals surface area contributed by atoms with Crippen molar-refractivity contribution in [3.63, 3.8) is 0 Å². The molecule has 12 aromatic carbocycles. The predicted octanol–water partition coefficient (Wildman–Crippen LogP) is 26.9. The van der Waals surface area contributed by atoms with E-state index in [4.69, 9.17) is 0 Å². The summed E-state index contributed by atoms with van der Waals surface area (Å²) in [5.41, 5.74) is 22.9. The largest absolute Gasteiger partial charge is 0.310 e. The van der Waals surface area contributed by atoms with Crippen LogP contribution >= 0.6 is 0 Å². The third-order valence-corrected chi connectivity index (χ3v) is 19.3. The van der Waals surface area contributed by atoms with Crippen LogP contribution < -0.4 is 19.6 Å². The molecular formula is C90H98N4. The molecule has 12 rings (SSSR count). The number of rotatable bonds is 12. The van der Waals surface area contributed by atoms with Crippen LogP contribution in [0.25, 0.3) is 32.3 Å². The molecule has 0 saturated carbocycles. The van der Waals surface area contributed by atoms with E-state index >= 15 is 0 Å². The molecule has 0 saturated heterocycles. The van der Waals surface area contributed by atoms with Crippen molar-refractivity contribution in [2.45, 2.75) is 171 Å². The second-order valence-corrected chi connectivity index (χ2v) is 32.7. The van der Waals surface area contributed by atoms with E-state index in [1.165, 1.54) is 55.3 Å². The normalized spacial score (nSPS) is 12.7. The fourth-order valence-corrected chi connectivity index (χ4v) is 13.4. The van der Waals surface area contributed by atoms with Crippen molar-refractivity contribution < 1.29 is 0 Å². The van der Waals surface area contributed by atoms with Gasteiger partial charge in [0, 0.05) is 77.8 Å². The lowest BCUT2D eigenvalue weighted by molar-refractivity contribution is 0.590. The highest BCUT2D eigenvalue weighted by Crippen LogP contribution is 2.56. The van der Waals surface area contributed by atoms with Gasteiger partial charge in [0.25, 0.3) is 0 Å². The van der Waals surface area contributed by atoms with Gasteiger partial charge in [-0.25, -0.2) is 0 Å². The number of anilines is 12. The van der Waals surface area contributed by atoms with Gasteiger partial charge >= 0.3 is 0 Å². The Morgan fingerprint density at radius 2 is 0.319 bits per heavy atom. The minimum atomic E-state index is -0.0391. The van der Waals surface area contributed by atoms with Gasteiger partial charge in [0.15, 0.2) is 0 Å². The van der Waals surface area contributed by atoms with Crippen LogP contribution in [0.4, 0.5) is 68.2 Å². The summed E-state index contributed by atoms with van der Waals surface area (Å²) in [6, 6.07) is 89.0. The van der Waals surface area contributed by atoms with Gasteiger partial charge in [-0.3, -0.25) is 0 Å². The first-order chi connectivity index (χ1) is 44.2. The van der Waals surface area contributed by atoms with Crippen molar-refractivity contribution in [2.24, 2.45) is 0 Å². The molecule has 0 bridgehead atoms. The van der Waals surface area contributed by atoms with Crippen LogP contribution in [0, 0.1) is 13.8 Å². The molecule has 0 amide bonds. The fourth-order valence-electron chi connectivity index (χ4n) is 13.4. The zero-order valence-electron chi connectivity index (χ0n) is 59.7. The zero-order valence-corrected chi connectivity index (χ0v) is 59.7. The quantitative estimate of drug-likeness (QED) is 0.113. The molecule has 0 aliphatic carbocycles. The van der Waals surface area contributed by atoms with Crippen LogP contribution in [0.2, 0.25) is 0 Å². The summed E-state index contributed by atoms with van der Waals surface area (Å²) >= 11 is 0. The molecule has 0 radical (unpaired) electrons. The number of benzene rings is 12. The van der Waals surface area contributed by atoms with Crippen LogP contribution in [-0.4, -0.2) is 0 Å². The molecule has 478 valence electrons. The van der Waals surface area contributed by atoms with Crippen molar-refractivity contribution in [2.75, 3.05) is 19.6 Å². The monoisotopic (exact) mass is 1230 g/mol. The van der Waals surface area contributed by atoms with Crippen molar-refractivity contribution in [3.8, 4) is 0 Å². The minimum absolute atomic E-state index is 0.0351. The van der Waals surface area contributed by atoms with Crippen molar-refractivity contribution >= 4 is 101 Å². The number of hydrogen-bond donors (Lipinski definition) is 0. The van der Waals surface area contributed by atoms with E-state index < -0.39 is 0 Å². The smallest absolute Gasteiger partial charge is 0.0561 e. The summed E-state index contributed by atoms with van der Waals surface area (Å²) in [6.45, 7) is 45.8. The molecule has 0 fully saturated rings. The molecule has 0 unspecified atom stereocenters. The van der Waals surface area contributed by atoms with Gasteiger partial charge in [0.1, 0.15) is 0 Å². The van der Waals surface area contributed by atoms with E-state index in [1.807, 2.05) is 0 Å². The first kappa shape index (κ1) is 65.0. The summed E-state index contributed by atoms with van der Waals surface area (Å²) in [5.74, 6) is 0. The van der Waals surface area contributed by atoms with Crippen molar-refractivity contribution in [3.05, 3.63) is 275 Å². The maximum atomic E-state index is 2.53. The van der Waals surface area contributed by atoms with Gasteiger partial charge in [-0.2, -0.15) is 0 Å². The standard InChI is InChI=1S/C90H98N4/c1-59-21-37-67(38-22-59)91(69-41-25-61(26-42-69)85(3,4)5)79-57-81(93(71-45-29-63(30-46-71)87(9,10)11)72-47-31-64(32-48-72)88(12,13)14)77-56-54-76-80(92(68-39-23-60(2)24-40-68)70-43-27-62(28-44-70)86(6,7)8)58-82(78-55-53-75(79)83(77)84(76)78)94(73-49-33-65(34-50-73)89(15,16)17)74-51-35-66(36-52-74)90(18,19)20/h21-58H,1-20H3. The van der Waals surface area contributed by atoms with Crippen LogP contribution in [0.1, 0.15) is 169 Å². The molecule has 4 heteroatoms. The van der Waals surface area contributed by atoms with Crippen LogP contribution in [-0.2, 0) is 32.5 Å². The van der Waals surface area contributed by atoms with Gasteiger partial charge in [-0.1, -0.05) is 257 Å². The van der Waals surface area contributed by atoms with Crippen molar-refractivity contribution in [1.82, 2.24) is 0 Å². The summed E-state index contributed by atoms with van der Waals surface area (Å²) in [5, 5.41) is 6.99. The lowest BCUT2D eigenvalue weighted by atomic mass is 9.86. The Morgan fingerprint density at radius 1 is 0.181 bits per heavy atom. The Hall–Kier alpha value is -9.12. The molecule has 0 aliphatic heterocycles. The third-order valence-electron chi connectivity index (χ3n) is 19.3. The van der Waals surface area contributed by atoms with Gasteiger partial charge < -0.3 is 19.6 Å². The molecular weight excluding hydrogens is 1140 g/mol. The number of nitrogens with zero attached hydrogens (tertiary/aromatic N) is 4. The molecule has 0 spiro atoms. The summed E-state index contributed by atoms with van der Waals surface area (Å²) in [6.07, 6.45) is 0.